The Morgan fingerprint density at radius 3 is 2.50 bits per heavy atom. The Balaban J connectivity index is 2.28. The fourth-order valence-electron chi connectivity index (χ4n) is 2.22. The highest BCUT2D eigenvalue weighted by atomic mass is 16.1. The molecule has 12 heavy (non-hydrogen) atoms. The largest absolute Gasteiger partial charge is 0.300 e. The first-order chi connectivity index (χ1) is 5.74. The van der Waals surface area contributed by atoms with Gasteiger partial charge in [0.05, 0.1) is 0 Å². The summed E-state index contributed by atoms with van der Waals surface area (Å²) < 4.78 is 0. The van der Waals surface area contributed by atoms with E-state index in [1.54, 1.807) is 0 Å². The van der Waals surface area contributed by atoms with Crippen molar-refractivity contribution in [3.05, 3.63) is 0 Å². The van der Waals surface area contributed by atoms with Crippen LogP contribution in [-0.2, 0) is 4.79 Å². The summed E-state index contributed by atoms with van der Waals surface area (Å²) >= 11 is 0. The molecule has 0 amide bonds. The summed E-state index contributed by atoms with van der Waals surface area (Å²) in [4.78, 5) is 11.0. The van der Waals surface area contributed by atoms with Crippen LogP contribution in [0.15, 0.2) is 0 Å². The summed E-state index contributed by atoms with van der Waals surface area (Å²) in [6.07, 6.45) is 6.61. The highest BCUT2D eigenvalue weighted by molar-refractivity contribution is 5.79. The summed E-state index contributed by atoms with van der Waals surface area (Å²) in [5, 5.41) is 0. The van der Waals surface area contributed by atoms with Gasteiger partial charge in [0, 0.05) is 12.8 Å². The average Bonchev–Trinajstić information content (AvgIpc) is 2.06. The zero-order valence-corrected chi connectivity index (χ0v) is 8.31. The lowest BCUT2D eigenvalue weighted by atomic mass is 9.79. The van der Waals surface area contributed by atoms with E-state index in [4.69, 9.17) is 0 Å². The molecule has 0 N–H and O–H groups in total. The maximum atomic E-state index is 11.0. The van der Waals surface area contributed by atoms with E-state index in [2.05, 4.69) is 13.8 Å². The zero-order chi connectivity index (χ0) is 8.97. The standard InChI is InChI=1S/C11H20O/c1-3-4-9(2)10-5-7-11(12)8-6-10/h9-10H,3-8H2,1-2H3. The average molecular weight is 168 g/mol. The van der Waals surface area contributed by atoms with Crippen LogP contribution in [-0.4, -0.2) is 5.78 Å². The van der Waals surface area contributed by atoms with E-state index in [0.29, 0.717) is 5.78 Å². The molecule has 0 aromatic heterocycles. The molecule has 70 valence electrons. The van der Waals surface area contributed by atoms with Crippen molar-refractivity contribution in [3.63, 3.8) is 0 Å². The quantitative estimate of drug-likeness (QED) is 0.632. The van der Waals surface area contributed by atoms with Gasteiger partial charge in [-0.15, -0.1) is 0 Å². The van der Waals surface area contributed by atoms with Gasteiger partial charge in [-0.2, -0.15) is 0 Å². The van der Waals surface area contributed by atoms with Crippen LogP contribution < -0.4 is 0 Å². The van der Waals surface area contributed by atoms with Crippen molar-refractivity contribution in [3.8, 4) is 0 Å². The Morgan fingerprint density at radius 1 is 1.42 bits per heavy atom. The Morgan fingerprint density at radius 2 is 2.00 bits per heavy atom. The summed E-state index contributed by atoms with van der Waals surface area (Å²) in [5.74, 6) is 2.15. The molecule has 0 bridgehead atoms. The van der Waals surface area contributed by atoms with Crippen LogP contribution in [0.1, 0.15) is 52.4 Å². The first-order valence-corrected chi connectivity index (χ1v) is 5.25. The normalized spacial score (nSPS) is 22.7. The third-order valence-corrected chi connectivity index (χ3v) is 3.14. The maximum Gasteiger partial charge on any atom is 0.132 e. The minimum Gasteiger partial charge on any atom is -0.300 e. The van der Waals surface area contributed by atoms with Crippen LogP contribution in [0.2, 0.25) is 0 Å². The molecule has 1 unspecified atom stereocenters. The smallest absolute Gasteiger partial charge is 0.132 e. The number of ketones is 1. The summed E-state index contributed by atoms with van der Waals surface area (Å²) in [6, 6.07) is 0. The van der Waals surface area contributed by atoms with Crippen LogP contribution in [0.25, 0.3) is 0 Å². The molecule has 1 nitrogen and oxygen atoms in total. The first-order valence-electron chi connectivity index (χ1n) is 5.25. The van der Waals surface area contributed by atoms with Crippen LogP contribution in [0.5, 0.6) is 0 Å². The van der Waals surface area contributed by atoms with Gasteiger partial charge in [-0.05, 0) is 24.7 Å². The van der Waals surface area contributed by atoms with Gasteiger partial charge in [0.2, 0.25) is 0 Å². The first kappa shape index (κ1) is 9.76. The second-order valence-corrected chi connectivity index (χ2v) is 4.14. The number of hydrogen-bond acceptors (Lipinski definition) is 1. The molecule has 0 aromatic carbocycles. The molecule has 0 aromatic rings. The van der Waals surface area contributed by atoms with Crippen molar-refractivity contribution in [1.29, 1.82) is 0 Å². The van der Waals surface area contributed by atoms with Crippen molar-refractivity contribution >= 4 is 5.78 Å². The fraction of sp³-hybridized carbons (Fsp3) is 0.909. The molecule has 1 saturated carbocycles. The van der Waals surface area contributed by atoms with Crippen molar-refractivity contribution in [2.45, 2.75) is 52.4 Å². The van der Waals surface area contributed by atoms with Gasteiger partial charge in [0.1, 0.15) is 5.78 Å². The predicted octanol–water partition coefficient (Wildman–Crippen LogP) is 3.18. The van der Waals surface area contributed by atoms with Crippen LogP contribution >= 0.6 is 0 Å². The monoisotopic (exact) mass is 168 g/mol. The molecule has 1 rings (SSSR count). The van der Waals surface area contributed by atoms with Crippen molar-refractivity contribution in [1.82, 2.24) is 0 Å². The lowest BCUT2D eigenvalue weighted by molar-refractivity contribution is -0.121. The van der Waals surface area contributed by atoms with E-state index >= 15 is 0 Å². The maximum absolute atomic E-state index is 11.0. The molecule has 0 heterocycles. The number of rotatable bonds is 3. The van der Waals surface area contributed by atoms with E-state index in [-0.39, 0.29) is 0 Å². The topological polar surface area (TPSA) is 17.1 Å². The van der Waals surface area contributed by atoms with Gasteiger partial charge in [-0.3, -0.25) is 4.79 Å². The molecule has 0 saturated heterocycles. The number of hydrogen-bond donors (Lipinski definition) is 0. The van der Waals surface area contributed by atoms with Gasteiger partial charge in [0.15, 0.2) is 0 Å². The lowest BCUT2D eigenvalue weighted by Gasteiger charge is -2.26. The van der Waals surface area contributed by atoms with E-state index in [0.717, 1.165) is 37.5 Å². The summed E-state index contributed by atoms with van der Waals surface area (Å²) in [6.45, 7) is 4.58. The van der Waals surface area contributed by atoms with Crippen molar-refractivity contribution in [2.24, 2.45) is 11.8 Å². The molecule has 0 spiro atoms. The summed E-state index contributed by atoms with van der Waals surface area (Å²) in [5.41, 5.74) is 0. The van der Waals surface area contributed by atoms with Gasteiger partial charge in [-0.1, -0.05) is 26.7 Å². The molecule has 1 fully saturated rings. The van der Waals surface area contributed by atoms with Crippen molar-refractivity contribution in [2.75, 3.05) is 0 Å². The summed E-state index contributed by atoms with van der Waals surface area (Å²) in [7, 11) is 0. The van der Waals surface area contributed by atoms with E-state index < -0.39 is 0 Å². The second-order valence-electron chi connectivity index (χ2n) is 4.14. The third-order valence-electron chi connectivity index (χ3n) is 3.14. The predicted molar refractivity (Wildman–Crippen MR) is 51.0 cm³/mol. The van der Waals surface area contributed by atoms with Crippen LogP contribution in [0, 0.1) is 11.8 Å². The van der Waals surface area contributed by atoms with Gasteiger partial charge >= 0.3 is 0 Å². The number of Topliss-reactive ketones (excluding diaryl/α,β-unsaturated/α-hetero) is 1. The van der Waals surface area contributed by atoms with Crippen molar-refractivity contribution < 1.29 is 4.79 Å². The molecule has 1 aliphatic carbocycles. The molecular formula is C11H20O. The molecule has 0 aliphatic heterocycles. The van der Waals surface area contributed by atoms with Crippen LogP contribution in [0.3, 0.4) is 0 Å². The van der Waals surface area contributed by atoms with E-state index in [1.165, 1.54) is 12.8 Å². The Labute approximate surface area is 75.5 Å². The molecule has 1 heteroatoms. The molecule has 0 radical (unpaired) electrons. The SMILES string of the molecule is CCCC(C)C1CCC(=O)CC1. The number of carbonyl (C=O) groups is 1. The van der Waals surface area contributed by atoms with Crippen LogP contribution in [0.4, 0.5) is 0 Å². The van der Waals surface area contributed by atoms with Gasteiger partial charge in [-0.25, -0.2) is 0 Å². The highest BCUT2D eigenvalue weighted by Gasteiger charge is 2.22. The lowest BCUT2D eigenvalue weighted by Crippen LogP contribution is -2.19. The van der Waals surface area contributed by atoms with Gasteiger partial charge < -0.3 is 0 Å². The Hall–Kier alpha value is -0.330. The minimum absolute atomic E-state index is 0.481. The second kappa shape index (κ2) is 4.64. The molecular weight excluding hydrogens is 148 g/mol. The number of carbonyl (C=O) groups excluding carboxylic acids is 1. The van der Waals surface area contributed by atoms with E-state index in [1.807, 2.05) is 0 Å². The van der Waals surface area contributed by atoms with E-state index in [9.17, 15) is 4.79 Å². The molecule has 1 atom stereocenters. The Bertz CT molecular complexity index is 141. The van der Waals surface area contributed by atoms with Gasteiger partial charge in [0.25, 0.3) is 0 Å². The molecule has 1 aliphatic rings. The zero-order valence-electron chi connectivity index (χ0n) is 8.31. The minimum atomic E-state index is 0.481. The fourth-order valence-corrected chi connectivity index (χ4v) is 2.22. The third kappa shape index (κ3) is 2.62. The Kier molecular flexibility index (Phi) is 3.77. The highest BCUT2D eigenvalue weighted by Crippen LogP contribution is 2.30.